The molecule has 2 rings (SSSR count). The Morgan fingerprint density at radius 2 is 1.56 bits per heavy atom. The first-order valence-electron chi connectivity index (χ1n) is 8.86. The molecule has 2 aromatic carbocycles. The molecule has 0 saturated heterocycles. The van der Waals surface area contributed by atoms with E-state index in [1.54, 1.807) is 6.07 Å². The fourth-order valence-electron chi connectivity index (χ4n) is 2.10. The molecule has 0 N–H and O–H groups in total. The standard InChI is InChI=1S/C17H19NO2S.2C2H6/c1-18(21)12-11-17(14-7-3-2-4-8-14)20-16-10-6-5-9-15(16)13-19;2*1-2/h2-10,13,17,21H,11-12H2,1H3;2*1-2H3/t17-;;/m1../s1. The summed E-state index contributed by atoms with van der Waals surface area (Å²) in [6.07, 6.45) is 1.50. The lowest BCUT2D eigenvalue weighted by atomic mass is 10.1. The number of aldehydes is 1. The third kappa shape index (κ3) is 8.75. The second kappa shape index (κ2) is 14.6. The van der Waals surface area contributed by atoms with Crippen LogP contribution in [0.1, 0.15) is 56.1 Å². The van der Waals surface area contributed by atoms with Gasteiger partial charge in [0, 0.05) is 13.0 Å². The lowest BCUT2D eigenvalue weighted by Crippen LogP contribution is -2.16. The number of para-hydroxylation sites is 1. The van der Waals surface area contributed by atoms with Crippen LogP contribution in [0.25, 0.3) is 0 Å². The minimum absolute atomic E-state index is 0.109. The van der Waals surface area contributed by atoms with Crippen molar-refractivity contribution < 1.29 is 9.53 Å². The summed E-state index contributed by atoms with van der Waals surface area (Å²) in [5, 5.41) is 0. The Labute approximate surface area is 158 Å². The van der Waals surface area contributed by atoms with Crippen molar-refractivity contribution in [2.24, 2.45) is 0 Å². The maximum Gasteiger partial charge on any atom is 0.153 e. The first-order valence-corrected chi connectivity index (χ1v) is 9.26. The smallest absolute Gasteiger partial charge is 0.153 e. The molecule has 2 aromatic rings. The molecule has 0 bridgehead atoms. The second-order valence-electron chi connectivity index (χ2n) is 4.84. The van der Waals surface area contributed by atoms with Gasteiger partial charge in [-0.1, -0.05) is 83.0 Å². The summed E-state index contributed by atoms with van der Waals surface area (Å²) >= 11 is 4.27. The van der Waals surface area contributed by atoms with E-state index in [4.69, 9.17) is 4.74 Å². The van der Waals surface area contributed by atoms with E-state index in [0.29, 0.717) is 11.3 Å². The third-order valence-corrected chi connectivity index (χ3v) is 3.40. The van der Waals surface area contributed by atoms with E-state index in [-0.39, 0.29) is 6.10 Å². The number of hydrogen-bond acceptors (Lipinski definition) is 4. The second-order valence-corrected chi connectivity index (χ2v) is 5.53. The zero-order valence-electron chi connectivity index (χ0n) is 16.0. The van der Waals surface area contributed by atoms with Crippen LogP contribution in [0.15, 0.2) is 54.6 Å². The molecule has 0 unspecified atom stereocenters. The molecule has 0 radical (unpaired) electrons. The van der Waals surface area contributed by atoms with Crippen LogP contribution in [0.4, 0.5) is 0 Å². The van der Waals surface area contributed by atoms with Gasteiger partial charge in [-0.05, 0) is 24.7 Å². The van der Waals surface area contributed by atoms with Gasteiger partial charge in [0.1, 0.15) is 11.9 Å². The van der Waals surface area contributed by atoms with E-state index in [9.17, 15) is 4.79 Å². The predicted octanol–water partition coefficient (Wildman–Crippen LogP) is 5.84. The Morgan fingerprint density at radius 1 is 1.00 bits per heavy atom. The Bertz CT molecular complexity index is 573. The monoisotopic (exact) mass is 361 g/mol. The summed E-state index contributed by atoms with van der Waals surface area (Å²) in [6.45, 7) is 8.78. The van der Waals surface area contributed by atoms with Gasteiger partial charge in [0.25, 0.3) is 0 Å². The Balaban J connectivity index is 0.00000134. The zero-order chi connectivity index (χ0) is 19.1. The number of thiol groups is 1. The molecule has 0 aliphatic carbocycles. The summed E-state index contributed by atoms with van der Waals surface area (Å²) in [6, 6.07) is 17.3. The van der Waals surface area contributed by atoms with E-state index in [1.807, 2.05) is 87.6 Å². The van der Waals surface area contributed by atoms with E-state index in [1.165, 1.54) is 0 Å². The minimum Gasteiger partial charge on any atom is -0.485 e. The summed E-state index contributed by atoms with van der Waals surface area (Å²) in [7, 11) is 1.91. The van der Waals surface area contributed by atoms with Gasteiger partial charge >= 0.3 is 0 Å². The van der Waals surface area contributed by atoms with Crippen LogP contribution in [-0.2, 0) is 0 Å². The highest BCUT2D eigenvalue weighted by molar-refractivity contribution is 7.77. The van der Waals surface area contributed by atoms with Crippen LogP contribution in [0.5, 0.6) is 5.75 Å². The molecule has 4 heteroatoms. The van der Waals surface area contributed by atoms with Crippen LogP contribution in [0.2, 0.25) is 0 Å². The number of nitrogens with zero attached hydrogens (tertiary/aromatic N) is 1. The molecule has 0 spiro atoms. The van der Waals surface area contributed by atoms with Crippen molar-refractivity contribution in [1.82, 2.24) is 4.31 Å². The van der Waals surface area contributed by atoms with Crippen molar-refractivity contribution in [2.75, 3.05) is 13.6 Å². The van der Waals surface area contributed by atoms with Gasteiger partial charge in [0.05, 0.1) is 5.56 Å². The molecule has 0 fully saturated rings. The molecule has 0 aliphatic rings. The molecule has 0 aromatic heterocycles. The average molecular weight is 362 g/mol. The average Bonchev–Trinajstić information content (AvgIpc) is 2.69. The molecule has 0 aliphatic heterocycles. The Kier molecular flexibility index (Phi) is 13.5. The van der Waals surface area contributed by atoms with Crippen molar-refractivity contribution in [1.29, 1.82) is 0 Å². The zero-order valence-corrected chi connectivity index (χ0v) is 16.9. The predicted molar refractivity (Wildman–Crippen MR) is 111 cm³/mol. The Hall–Kier alpha value is -1.78. The van der Waals surface area contributed by atoms with Gasteiger partial charge in [-0.15, -0.1) is 0 Å². The van der Waals surface area contributed by atoms with Crippen LogP contribution in [0, 0.1) is 0 Å². The maximum absolute atomic E-state index is 11.1. The van der Waals surface area contributed by atoms with Gasteiger partial charge in [-0.25, -0.2) is 0 Å². The molecular formula is C21H31NO2S. The molecular weight excluding hydrogens is 330 g/mol. The SMILES string of the molecule is CC.CC.CN(S)CC[C@@H](Oc1ccccc1C=O)c1ccccc1. The molecule has 0 amide bonds. The van der Waals surface area contributed by atoms with Gasteiger partial charge in [-0.2, -0.15) is 0 Å². The van der Waals surface area contributed by atoms with E-state index in [2.05, 4.69) is 12.8 Å². The quantitative estimate of drug-likeness (QED) is 0.496. The summed E-state index contributed by atoms with van der Waals surface area (Å²) in [4.78, 5) is 11.1. The summed E-state index contributed by atoms with van der Waals surface area (Å²) in [5.41, 5.74) is 1.66. The number of carbonyl (C=O) groups is 1. The highest BCUT2D eigenvalue weighted by atomic mass is 32.1. The molecule has 25 heavy (non-hydrogen) atoms. The fraction of sp³-hybridized carbons (Fsp3) is 0.381. The highest BCUT2D eigenvalue weighted by Crippen LogP contribution is 2.27. The topological polar surface area (TPSA) is 29.5 Å². The van der Waals surface area contributed by atoms with Gasteiger partial charge < -0.3 is 4.74 Å². The van der Waals surface area contributed by atoms with E-state index >= 15 is 0 Å². The van der Waals surface area contributed by atoms with Gasteiger partial charge in [-0.3, -0.25) is 9.10 Å². The van der Waals surface area contributed by atoms with Gasteiger partial charge in [0.2, 0.25) is 0 Å². The van der Waals surface area contributed by atoms with Crippen molar-refractivity contribution in [3.8, 4) is 5.75 Å². The lowest BCUT2D eigenvalue weighted by molar-refractivity contribution is 0.111. The van der Waals surface area contributed by atoms with Crippen LogP contribution >= 0.6 is 12.8 Å². The van der Waals surface area contributed by atoms with Crippen molar-refractivity contribution >= 4 is 19.1 Å². The number of benzene rings is 2. The maximum atomic E-state index is 11.1. The van der Waals surface area contributed by atoms with Gasteiger partial charge in [0.15, 0.2) is 6.29 Å². The normalized spacial score (nSPS) is 10.7. The number of rotatable bonds is 7. The lowest BCUT2D eigenvalue weighted by Gasteiger charge is -2.22. The largest absolute Gasteiger partial charge is 0.485 e. The molecule has 0 heterocycles. The Morgan fingerprint density at radius 3 is 2.12 bits per heavy atom. The van der Waals surface area contributed by atoms with Crippen LogP contribution < -0.4 is 4.74 Å². The van der Waals surface area contributed by atoms with Crippen LogP contribution in [0.3, 0.4) is 0 Å². The van der Waals surface area contributed by atoms with Crippen LogP contribution in [-0.4, -0.2) is 24.2 Å². The highest BCUT2D eigenvalue weighted by Gasteiger charge is 2.15. The van der Waals surface area contributed by atoms with Crippen molar-refractivity contribution in [3.05, 3.63) is 65.7 Å². The fourth-order valence-corrected chi connectivity index (χ4v) is 2.22. The minimum atomic E-state index is -0.109. The third-order valence-electron chi connectivity index (χ3n) is 3.20. The van der Waals surface area contributed by atoms with E-state index < -0.39 is 0 Å². The molecule has 0 saturated carbocycles. The number of ether oxygens (including phenoxy) is 1. The molecule has 3 nitrogen and oxygen atoms in total. The number of carbonyl (C=O) groups excluding carboxylic acids is 1. The first-order chi connectivity index (χ1) is 12.2. The molecule has 1 atom stereocenters. The molecule has 138 valence electrons. The first kappa shape index (κ1) is 23.2. The van der Waals surface area contributed by atoms with Crippen molar-refractivity contribution in [3.63, 3.8) is 0 Å². The van der Waals surface area contributed by atoms with Crippen molar-refractivity contribution in [2.45, 2.75) is 40.2 Å². The van der Waals surface area contributed by atoms with E-state index in [0.717, 1.165) is 24.8 Å². The summed E-state index contributed by atoms with van der Waals surface area (Å²) < 4.78 is 7.91. The number of hydrogen-bond donors (Lipinski definition) is 1. The summed E-state index contributed by atoms with van der Waals surface area (Å²) in [5.74, 6) is 0.614.